The normalized spacial score (nSPS) is 25.3. The van der Waals surface area contributed by atoms with E-state index in [4.69, 9.17) is 5.11 Å². The first kappa shape index (κ1) is 10.5. The Kier molecular flexibility index (Phi) is 2.98. The Balaban J connectivity index is 2.30. The van der Waals surface area contributed by atoms with Gasteiger partial charge in [0, 0.05) is 10.8 Å². The third kappa shape index (κ3) is 2.01. The van der Waals surface area contributed by atoms with Crippen molar-refractivity contribution in [2.75, 3.05) is 6.61 Å². The molecule has 0 aliphatic carbocycles. The van der Waals surface area contributed by atoms with Crippen LogP contribution < -0.4 is 0 Å². The van der Waals surface area contributed by atoms with E-state index in [0.29, 0.717) is 0 Å². The fourth-order valence-corrected chi connectivity index (χ4v) is 2.67. The molecule has 1 aromatic rings. The SMILES string of the molecule is CC1SC(c2ccccc2O)=N[C@@H]1CO. The van der Waals surface area contributed by atoms with Crippen molar-refractivity contribution in [3.63, 3.8) is 0 Å². The van der Waals surface area contributed by atoms with E-state index in [9.17, 15) is 5.11 Å². The van der Waals surface area contributed by atoms with Gasteiger partial charge in [0.25, 0.3) is 0 Å². The van der Waals surface area contributed by atoms with E-state index < -0.39 is 0 Å². The van der Waals surface area contributed by atoms with Crippen LogP contribution in [0.25, 0.3) is 0 Å². The predicted octanol–water partition coefficient (Wildman–Crippen LogP) is 1.64. The van der Waals surface area contributed by atoms with E-state index in [1.54, 1.807) is 23.9 Å². The van der Waals surface area contributed by atoms with Crippen molar-refractivity contribution in [3.8, 4) is 5.75 Å². The van der Waals surface area contributed by atoms with Crippen LogP contribution in [0.1, 0.15) is 12.5 Å². The van der Waals surface area contributed by atoms with Gasteiger partial charge in [-0.25, -0.2) is 0 Å². The fourth-order valence-electron chi connectivity index (χ4n) is 1.52. The lowest BCUT2D eigenvalue weighted by Crippen LogP contribution is -2.17. The summed E-state index contributed by atoms with van der Waals surface area (Å²) in [6.45, 7) is 2.09. The van der Waals surface area contributed by atoms with Gasteiger partial charge >= 0.3 is 0 Å². The molecular formula is C11H13NO2S. The summed E-state index contributed by atoms with van der Waals surface area (Å²) in [4.78, 5) is 4.39. The van der Waals surface area contributed by atoms with Crippen LogP contribution in [0.5, 0.6) is 5.75 Å². The zero-order valence-corrected chi connectivity index (χ0v) is 9.24. The van der Waals surface area contributed by atoms with Crippen LogP contribution in [0, 0.1) is 0 Å². The molecule has 1 unspecified atom stereocenters. The molecule has 2 rings (SSSR count). The van der Waals surface area contributed by atoms with Crippen molar-refractivity contribution < 1.29 is 10.2 Å². The van der Waals surface area contributed by atoms with Gasteiger partial charge in [0.2, 0.25) is 0 Å². The van der Waals surface area contributed by atoms with Crippen molar-refractivity contribution >= 4 is 16.8 Å². The summed E-state index contributed by atoms with van der Waals surface area (Å²) >= 11 is 1.60. The summed E-state index contributed by atoms with van der Waals surface area (Å²) in [5.74, 6) is 0.245. The zero-order valence-electron chi connectivity index (χ0n) is 8.42. The summed E-state index contributed by atoms with van der Waals surface area (Å²) < 4.78 is 0. The van der Waals surface area contributed by atoms with Gasteiger partial charge in [-0.15, -0.1) is 11.8 Å². The average Bonchev–Trinajstić information content (AvgIpc) is 2.60. The Bertz CT molecular complexity index is 392. The van der Waals surface area contributed by atoms with Gasteiger partial charge in [-0.05, 0) is 12.1 Å². The van der Waals surface area contributed by atoms with E-state index >= 15 is 0 Å². The van der Waals surface area contributed by atoms with Crippen molar-refractivity contribution in [1.29, 1.82) is 0 Å². The number of phenols is 1. The molecule has 2 atom stereocenters. The maximum Gasteiger partial charge on any atom is 0.125 e. The minimum absolute atomic E-state index is 0.0513. The van der Waals surface area contributed by atoms with Gasteiger partial charge in [0.05, 0.1) is 12.6 Å². The molecule has 1 aromatic carbocycles. The molecule has 1 aliphatic heterocycles. The van der Waals surface area contributed by atoms with E-state index in [1.807, 2.05) is 19.1 Å². The van der Waals surface area contributed by atoms with Crippen LogP contribution in [0.3, 0.4) is 0 Å². The summed E-state index contributed by atoms with van der Waals surface area (Å²) in [6, 6.07) is 7.09. The van der Waals surface area contributed by atoms with E-state index in [-0.39, 0.29) is 23.6 Å². The number of phenolic OH excluding ortho intramolecular Hbond substituents is 1. The molecule has 1 heterocycles. The average molecular weight is 223 g/mol. The quantitative estimate of drug-likeness (QED) is 0.801. The molecule has 0 saturated heterocycles. The summed E-state index contributed by atoms with van der Waals surface area (Å²) in [7, 11) is 0. The van der Waals surface area contributed by atoms with Gasteiger partial charge in [0.1, 0.15) is 10.8 Å². The number of hydrogen-bond acceptors (Lipinski definition) is 4. The minimum atomic E-state index is -0.0513. The molecule has 0 bridgehead atoms. The van der Waals surface area contributed by atoms with Crippen molar-refractivity contribution in [2.24, 2.45) is 4.99 Å². The number of aliphatic imine (C=N–C) groups is 1. The third-order valence-electron chi connectivity index (χ3n) is 2.44. The second-order valence-corrected chi connectivity index (χ2v) is 4.89. The number of rotatable bonds is 2. The number of nitrogens with zero attached hydrogens (tertiary/aromatic N) is 1. The van der Waals surface area contributed by atoms with E-state index in [0.717, 1.165) is 10.6 Å². The standard InChI is InChI=1S/C11H13NO2S/c1-7-9(6-13)12-11(15-7)8-4-2-3-5-10(8)14/h2-5,7,9,13-14H,6H2,1H3/t7?,9-/m1/s1. The second-order valence-electron chi connectivity index (χ2n) is 3.52. The number of aromatic hydroxyl groups is 1. The maximum absolute atomic E-state index is 9.66. The first-order chi connectivity index (χ1) is 7.22. The highest BCUT2D eigenvalue weighted by Gasteiger charge is 2.27. The molecule has 0 radical (unpaired) electrons. The Hall–Kier alpha value is -1.00. The van der Waals surface area contributed by atoms with Gasteiger partial charge in [-0.1, -0.05) is 19.1 Å². The van der Waals surface area contributed by atoms with E-state index in [1.165, 1.54) is 0 Å². The Morgan fingerprint density at radius 3 is 2.73 bits per heavy atom. The number of aliphatic hydroxyl groups excluding tert-OH is 1. The molecule has 15 heavy (non-hydrogen) atoms. The highest BCUT2D eigenvalue weighted by molar-refractivity contribution is 8.15. The molecular weight excluding hydrogens is 210 g/mol. The lowest BCUT2D eigenvalue weighted by molar-refractivity contribution is 0.268. The summed E-state index contributed by atoms with van der Waals surface area (Å²) in [6.07, 6.45) is 0. The van der Waals surface area contributed by atoms with E-state index in [2.05, 4.69) is 4.99 Å². The molecule has 4 heteroatoms. The maximum atomic E-state index is 9.66. The Labute approximate surface area is 92.9 Å². The predicted molar refractivity (Wildman–Crippen MR) is 62.6 cm³/mol. The molecule has 0 fully saturated rings. The second kappa shape index (κ2) is 4.24. The molecule has 0 spiro atoms. The Morgan fingerprint density at radius 2 is 2.13 bits per heavy atom. The van der Waals surface area contributed by atoms with Crippen molar-refractivity contribution in [1.82, 2.24) is 0 Å². The van der Waals surface area contributed by atoms with Gasteiger partial charge < -0.3 is 10.2 Å². The molecule has 2 N–H and O–H groups in total. The highest BCUT2D eigenvalue weighted by atomic mass is 32.2. The largest absolute Gasteiger partial charge is 0.507 e. The lowest BCUT2D eigenvalue weighted by Gasteiger charge is -2.06. The van der Waals surface area contributed by atoms with Crippen LogP contribution in [-0.4, -0.2) is 33.2 Å². The molecule has 3 nitrogen and oxygen atoms in total. The monoisotopic (exact) mass is 223 g/mol. The number of benzene rings is 1. The molecule has 0 aromatic heterocycles. The third-order valence-corrected chi connectivity index (χ3v) is 3.68. The fraction of sp³-hybridized carbons (Fsp3) is 0.364. The van der Waals surface area contributed by atoms with Crippen LogP contribution in [-0.2, 0) is 0 Å². The summed E-state index contributed by atoms with van der Waals surface area (Å²) in [5.41, 5.74) is 0.755. The zero-order chi connectivity index (χ0) is 10.8. The topological polar surface area (TPSA) is 52.8 Å². The highest BCUT2D eigenvalue weighted by Crippen LogP contribution is 2.32. The number of thioether (sulfide) groups is 1. The smallest absolute Gasteiger partial charge is 0.125 e. The molecule has 1 aliphatic rings. The van der Waals surface area contributed by atoms with Crippen LogP contribution >= 0.6 is 11.8 Å². The van der Waals surface area contributed by atoms with Crippen LogP contribution in [0.4, 0.5) is 0 Å². The number of para-hydroxylation sites is 1. The van der Waals surface area contributed by atoms with Crippen molar-refractivity contribution in [2.45, 2.75) is 18.2 Å². The number of hydrogen-bond donors (Lipinski definition) is 2. The Morgan fingerprint density at radius 1 is 1.40 bits per heavy atom. The molecule has 0 amide bonds. The summed E-state index contributed by atoms with van der Waals surface area (Å²) in [5, 5.41) is 19.8. The first-order valence-electron chi connectivity index (χ1n) is 4.86. The van der Waals surface area contributed by atoms with Crippen molar-refractivity contribution in [3.05, 3.63) is 29.8 Å². The molecule has 0 saturated carbocycles. The first-order valence-corrected chi connectivity index (χ1v) is 5.74. The number of aliphatic hydroxyl groups is 1. The van der Waals surface area contributed by atoms with Gasteiger partial charge in [0.15, 0.2) is 0 Å². The van der Waals surface area contributed by atoms with Gasteiger partial charge in [-0.2, -0.15) is 0 Å². The minimum Gasteiger partial charge on any atom is -0.507 e. The van der Waals surface area contributed by atoms with Crippen LogP contribution in [0.15, 0.2) is 29.3 Å². The van der Waals surface area contributed by atoms with Crippen LogP contribution in [0.2, 0.25) is 0 Å². The van der Waals surface area contributed by atoms with Gasteiger partial charge in [-0.3, -0.25) is 4.99 Å². The molecule has 80 valence electrons. The lowest BCUT2D eigenvalue weighted by atomic mass is 10.2.